The van der Waals surface area contributed by atoms with Crippen molar-refractivity contribution in [2.24, 2.45) is 0 Å². The quantitative estimate of drug-likeness (QED) is 0.427. The number of ether oxygens (including phenoxy) is 2. The molecule has 0 N–H and O–H groups in total. The molecule has 0 saturated carbocycles. The Hall–Kier alpha value is -2.33. The molecular weight excluding hydrogens is 377 g/mol. The van der Waals surface area contributed by atoms with Gasteiger partial charge in [0.05, 0.1) is 11.1 Å². The number of carbonyl (C=O) groups is 2. The highest BCUT2D eigenvalue weighted by molar-refractivity contribution is 5.82. The molecule has 1 atom stereocenters. The average molecular weight is 390 g/mol. The van der Waals surface area contributed by atoms with Gasteiger partial charge in [-0.2, -0.15) is 26.3 Å². The summed E-state index contributed by atoms with van der Waals surface area (Å²) in [4.78, 5) is 22.8. The van der Waals surface area contributed by atoms with Gasteiger partial charge in [-0.15, -0.1) is 0 Å². The van der Waals surface area contributed by atoms with Gasteiger partial charge in [0.1, 0.15) is 5.75 Å². The Balaban J connectivity index is 2.95. The van der Waals surface area contributed by atoms with Crippen LogP contribution in [0, 0.1) is 0 Å². The van der Waals surface area contributed by atoms with Gasteiger partial charge in [-0.25, -0.2) is 14.0 Å². The topological polar surface area (TPSA) is 52.6 Å². The Morgan fingerprint density at radius 3 is 1.77 bits per heavy atom. The van der Waals surface area contributed by atoms with Gasteiger partial charge >= 0.3 is 24.3 Å². The molecule has 0 amide bonds. The van der Waals surface area contributed by atoms with Crippen LogP contribution in [0.15, 0.2) is 18.2 Å². The van der Waals surface area contributed by atoms with Crippen molar-refractivity contribution >= 4 is 11.9 Å². The van der Waals surface area contributed by atoms with E-state index in [1.54, 1.807) is 0 Å². The van der Waals surface area contributed by atoms with Crippen LogP contribution < -0.4 is 4.74 Å². The number of halogens is 7. The molecule has 0 aromatic heterocycles. The van der Waals surface area contributed by atoms with Crippen LogP contribution in [-0.4, -0.2) is 24.2 Å². The third kappa shape index (κ3) is 5.88. The van der Waals surface area contributed by atoms with Crippen molar-refractivity contribution in [1.82, 2.24) is 0 Å². The SMILES string of the molecule is CCC(C)(F)C(=O)OCC(=O)Oc1cc(C(F)(F)F)cc(C(F)(F)F)c1. The summed E-state index contributed by atoms with van der Waals surface area (Å²) in [6, 6.07) is 0.216. The minimum atomic E-state index is -5.12. The van der Waals surface area contributed by atoms with Gasteiger partial charge in [0, 0.05) is 0 Å². The molecule has 1 rings (SSSR count). The molecular formula is C15H13F7O4. The number of carbonyl (C=O) groups excluding carboxylic acids is 2. The maximum absolute atomic E-state index is 13.6. The van der Waals surface area contributed by atoms with Crippen LogP contribution in [0.5, 0.6) is 5.75 Å². The summed E-state index contributed by atoms with van der Waals surface area (Å²) in [5.41, 5.74) is -5.77. The van der Waals surface area contributed by atoms with Crippen LogP contribution in [0.3, 0.4) is 0 Å². The predicted octanol–water partition coefficient (Wildman–Crippen LogP) is 4.31. The van der Waals surface area contributed by atoms with E-state index in [1.165, 1.54) is 6.92 Å². The highest BCUT2D eigenvalue weighted by Gasteiger charge is 2.37. The molecule has 1 aromatic carbocycles. The lowest BCUT2D eigenvalue weighted by Crippen LogP contribution is -2.33. The fraction of sp³-hybridized carbons (Fsp3) is 0.467. The summed E-state index contributed by atoms with van der Waals surface area (Å²) in [6.07, 6.45) is -10.5. The molecule has 0 fully saturated rings. The standard InChI is InChI=1S/C15H13F7O4/c1-3-13(2,16)12(24)25-7-11(23)26-10-5-8(14(17,18)19)4-9(6-10)15(20,21)22/h4-6H,3,7H2,1-2H3. The first-order valence-electron chi connectivity index (χ1n) is 7.03. The maximum Gasteiger partial charge on any atom is 0.416 e. The predicted molar refractivity (Wildman–Crippen MR) is 72.8 cm³/mol. The summed E-state index contributed by atoms with van der Waals surface area (Å²) < 4.78 is 98.3. The minimum absolute atomic E-state index is 0.146. The second-order valence-corrected chi connectivity index (χ2v) is 5.34. The molecule has 26 heavy (non-hydrogen) atoms. The zero-order chi connectivity index (χ0) is 20.3. The fourth-order valence-electron chi connectivity index (χ4n) is 1.57. The highest BCUT2D eigenvalue weighted by Crippen LogP contribution is 2.38. The van der Waals surface area contributed by atoms with Crippen molar-refractivity contribution in [2.45, 2.75) is 38.3 Å². The molecule has 0 aliphatic rings. The van der Waals surface area contributed by atoms with E-state index in [9.17, 15) is 40.3 Å². The van der Waals surface area contributed by atoms with E-state index in [-0.39, 0.29) is 24.6 Å². The molecule has 0 bridgehead atoms. The van der Waals surface area contributed by atoms with Crippen LogP contribution >= 0.6 is 0 Å². The van der Waals surface area contributed by atoms with Crippen LogP contribution in [0.4, 0.5) is 30.7 Å². The minimum Gasteiger partial charge on any atom is -0.451 e. The maximum atomic E-state index is 13.6. The molecule has 0 aliphatic heterocycles. The molecule has 0 saturated heterocycles. The van der Waals surface area contributed by atoms with E-state index in [1.807, 2.05) is 0 Å². The Kier molecular flexibility index (Phi) is 6.26. The first-order chi connectivity index (χ1) is 11.7. The Labute approximate surface area is 142 Å². The highest BCUT2D eigenvalue weighted by atomic mass is 19.4. The summed E-state index contributed by atoms with van der Waals surface area (Å²) in [7, 11) is 0. The zero-order valence-electron chi connectivity index (χ0n) is 13.4. The molecule has 0 heterocycles. The average Bonchev–Trinajstić information content (AvgIpc) is 2.50. The van der Waals surface area contributed by atoms with E-state index in [2.05, 4.69) is 9.47 Å². The van der Waals surface area contributed by atoms with Gasteiger partial charge in [0.25, 0.3) is 0 Å². The van der Waals surface area contributed by atoms with Crippen LogP contribution in [0.2, 0.25) is 0 Å². The number of alkyl halides is 7. The Morgan fingerprint density at radius 1 is 0.923 bits per heavy atom. The Morgan fingerprint density at radius 2 is 1.38 bits per heavy atom. The monoisotopic (exact) mass is 390 g/mol. The van der Waals surface area contributed by atoms with E-state index < -0.39 is 53.4 Å². The van der Waals surface area contributed by atoms with Gasteiger partial charge in [-0.3, -0.25) is 0 Å². The molecule has 0 spiro atoms. The largest absolute Gasteiger partial charge is 0.451 e. The third-order valence-electron chi connectivity index (χ3n) is 3.20. The molecule has 11 heteroatoms. The number of rotatable bonds is 5. The zero-order valence-corrected chi connectivity index (χ0v) is 13.4. The number of esters is 2. The first kappa shape index (κ1) is 21.7. The first-order valence-corrected chi connectivity index (χ1v) is 7.03. The molecule has 1 aromatic rings. The van der Waals surface area contributed by atoms with Crippen molar-refractivity contribution in [3.8, 4) is 5.75 Å². The van der Waals surface area contributed by atoms with E-state index in [0.29, 0.717) is 0 Å². The summed E-state index contributed by atoms with van der Waals surface area (Å²) in [5.74, 6) is -3.94. The summed E-state index contributed by atoms with van der Waals surface area (Å²) in [5, 5.41) is 0. The van der Waals surface area contributed by atoms with Gasteiger partial charge in [-0.05, 0) is 31.5 Å². The van der Waals surface area contributed by atoms with E-state index in [0.717, 1.165) is 6.92 Å². The molecule has 0 radical (unpaired) electrons. The summed E-state index contributed by atoms with van der Waals surface area (Å²) in [6.45, 7) is 1.01. The van der Waals surface area contributed by atoms with Crippen molar-refractivity contribution in [1.29, 1.82) is 0 Å². The van der Waals surface area contributed by atoms with Gasteiger partial charge in [0.15, 0.2) is 6.61 Å². The van der Waals surface area contributed by atoms with Crippen LogP contribution in [-0.2, 0) is 26.7 Å². The second-order valence-electron chi connectivity index (χ2n) is 5.34. The van der Waals surface area contributed by atoms with Gasteiger partial charge < -0.3 is 9.47 Å². The Bertz CT molecular complexity index is 645. The van der Waals surface area contributed by atoms with E-state index in [4.69, 9.17) is 0 Å². The van der Waals surface area contributed by atoms with Crippen molar-refractivity contribution in [2.75, 3.05) is 6.61 Å². The molecule has 146 valence electrons. The lowest BCUT2D eigenvalue weighted by atomic mass is 10.1. The summed E-state index contributed by atoms with van der Waals surface area (Å²) >= 11 is 0. The second kappa shape index (κ2) is 7.50. The molecule has 1 unspecified atom stereocenters. The number of benzene rings is 1. The number of hydrogen-bond acceptors (Lipinski definition) is 4. The van der Waals surface area contributed by atoms with Gasteiger partial charge in [0.2, 0.25) is 5.67 Å². The molecule has 4 nitrogen and oxygen atoms in total. The van der Waals surface area contributed by atoms with Crippen molar-refractivity contribution in [3.63, 3.8) is 0 Å². The van der Waals surface area contributed by atoms with Gasteiger partial charge in [-0.1, -0.05) is 6.92 Å². The fourth-order valence-corrected chi connectivity index (χ4v) is 1.57. The smallest absolute Gasteiger partial charge is 0.416 e. The lowest BCUT2D eigenvalue weighted by Gasteiger charge is -2.16. The van der Waals surface area contributed by atoms with Crippen LogP contribution in [0.25, 0.3) is 0 Å². The van der Waals surface area contributed by atoms with E-state index >= 15 is 0 Å². The van der Waals surface area contributed by atoms with Crippen molar-refractivity contribution < 1.29 is 49.8 Å². The number of hydrogen-bond donors (Lipinski definition) is 0. The van der Waals surface area contributed by atoms with Crippen LogP contribution in [0.1, 0.15) is 31.4 Å². The third-order valence-corrected chi connectivity index (χ3v) is 3.20. The van der Waals surface area contributed by atoms with Crippen molar-refractivity contribution in [3.05, 3.63) is 29.3 Å². The molecule has 0 aliphatic carbocycles. The lowest BCUT2D eigenvalue weighted by molar-refractivity contribution is -0.163. The normalized spacial score (nSPS) is 14.5.